The van der Waals surface area contributed by atoms with Gasteiger partial charge in [-0.3, -0.25) is 19.3 Å². The summed E-state index contributed by atoms with van der Waals surface area (Å²) in [6, 6.07) is 0. The second kappa shape index (κ2) is 13.7. The molecule has 3 heterocycles. The highest BCUT2D eigenvalue weighted by Crippen LogP contribution is 2.39. The van der Waals surface area contributed by atoms with Crippen LogP contribution in [-0.4, -0.2) is 87.2 Å². The molecule has 0 radical (unpaired) electrons. The van der Waals surface area contributed by atoms with Gasteiger partial charge in [-0.2, -0.15) is 0 Å². The highest BCUT2D eigenvalue weighted by atomic mass is 16.6. The third kappa shape index (κ3) is 11.0. The van der Waals surface area contributed by atoms with Gasteiger partial charge in [-0.15, -0.1) is 0 Å². The Labute approximate surface area is 284 Å². The lowest BCUT2D eigenvalue weighted by Crippen LogP contribution is -2.60. The maximum Gasteiger partial charge on any atom is 0.310 e. The summed E-state index contributed by atoms with van der Waals surface area (Å²) in [7, 11) is 2.08. The van der Waals surface area contributed by atoms with E-state index in [0.29, 0.717) is 38.5 Å². The van der Waals surface area contributed by atoms with Gasteiger partial charge in [-0.1, -0.05) is 0 Å². The molecule has 3 rings (SSSR count). The molecule has 0 saturated carbocycles. The quantitative estimate of drug-likeness (QED) is 0.229. The Bertz CT molecular complexity index is 1140. The first-order valence-electron chi connectivity index (χ1n) is 17.5. The molecule has 0 amide bonds. The number of ketones is 1. The van der Waals surface area contributed by atoms with Crippen LogP contribution in [0.5, 0.6) is 0 Å². The van der Waals surface area contributed by atoms with E-state index >= 15 is 0 Å². The minimum atomic E-state index is -1.23. The summed E-state index contributed by atoms with van der Waals surface area (Å²) in [5.41, 5.74) is -1.57. The van der Waals surface area contributed by atoms with Crippen LogP contribution in [-0.2, 0) is 33.4 Å². The topological polar surface area (TPSA) is 123 Å². The molecule has 2 atom stereocenters. The average Bonchev–Trinajstić information content (AvgIpc) is 2.79. The number of nitrogens with zero attached hydrogens (tertiary/aromatic N) is 1. The van der Waals surface area contributed by atoms with Gasteiger partial charge in [0.2, 0.25) is 0 Å². The Kier molecular flexibility index (Phi) is 11.5. The van der Waals surface area contributed by atoms with E-state index in [9.17, 15) is 19.2 Å². The van der Waals surface area contributed by atoms with Crippen LogP contribution in [0.3, 0.4) is 0 Å². The maximum absolute atomic E-state index is 14.1. The van der Waals surface area contributed by atoms with Crippen molar-refractivity contribution in [1.29, 1.82) is 0 Å². The summed E-state index contributed by atoms with van der Waals surface area (Å²) in [4.78, 5) is 56.8. The number of carbonyl (C=O) groups is 4. The Balaban J connectivity index is 1.90. The minimum Gasteiger partial charge on any atom is -0.462 e. The lowest BCUT2D eigenvalue weighted by atomic mass is 9.78. The molecule has 0 aliphatic carbocycles. The normalized spacial score (nSPS) is 26.9. The number of likely N-dealkylation sites (tertiary alicyclic amines) is 1. The first-order chi connectivity index (χ1) is 21.1. The number of Topliss-reactive ketones (excluding diaryl/α,β-unsaturated/α-hetero) is 1. The molecule has 0 aromatic rings. The molecule has 3 aliphatic heterocycles. The fraction of sp³-hybridized carbons (Fsp3) is 0.892. The SMILES string of the molecule is CC(=O)CC(C(=O)OC1CC(C)(C)NC(C)(C)C1)C(CC(=O)OC1CC(C)(C)N(C)C(C)(C)C1)C(=O)OC1CC(C)(C)NC(C)(C)C1. The number of rotatable bonds is 10. The van der Waals surface area contributed by atoms with Crippen molar-refractivity contribution in [3.05, 3.63) is 0 Å². The number of nitrogens with one attached hydrogen (secondary N) is 2. The molecular weight excluding hydrogens is 598 g/mol. The Morgan fingerprint density at radius 2 is 0.894 bits per heavy atom. The van der Waals surface area contributed by atoms with Gasteiger partial charge in [0.15, 0.2) is 0 Å². The second-order valence-electron chi connectivity index (χ2n) is 18.7. The molecule has 0 aromatic carbocycles. The van der Waals surface area contributed by atoms with E-state index < -0.39 is 42.0 Å². The van der Waals surface area contributed by atoms with Gasteiger partial charge >= 0.3 is 17.9 Å². The van der Waals surface area contributed by atoms with E-state index in [1.54, 1.807) is 0 Å². The standard InChI is InChI=1S/C37H65N3O7/c1-23(41)15-27(30(43)46-24-17-32(2,3)38-33(4,5)18-24)28(31(44)47-25-19-34(6,7)39-35(8,9)20-25)16-29(42)45-26-21-36(10,11)40(14)37(12,13)22-26/h24-28,38-39H,15-22H2,1-14H3. The van der Waals surface area contributed by atoms with E-state index in [1.165, 1.54) is 6.92 Å². The Morgan fingerprint density at radius 1 is 0.574 bits per heavy atom. The highest BCUT2D eigenvalue weighted by Gasteiger charge is 2.47. The average molecular weight is 664 g/mol. The van der Waals surface area contributed by atoms with Crippen molar-refractivity contribution in [3.63, 3.8) is 0 Å². The number of piperidine rings is 3. The van der Waals surface area contributed by atoms with Crippen molar-refractivity contribution in [2.24, 2.45) is 11.8 Å². The zero-order valence-corrected chi connectivity index (χ0v) is 31.8. The zero-order chi connectivity index (χ0) is 36.0. The molecule has 3 aliphatic rings. The summed E-state index contributed by atoms with van der Waals surface area (Å²) >= 11 is 0. The van der Waals surface area contributed by atoms with E-state index in [4.69, 9.17) is 14.2 Å². The van der Waals surface area contributed by atoms with Crippen LogP contribution >= 0.6 is 0 Å². The van der Waals surface area contributed by atoms with Crippen LogP contribution in [0.15, 0.2) is 0 Å². The van der Waals surface area contributed by atoms with Crippen LogP contribution in [0.2, 0.25) is 0 Å². The fourth-order valence-electron chi connectivity index (χ4n) is 8.99. The zero-order valence-electron chi connectivity index (χ0n) is 31.8. The van der Waals surface area contributed by atoms with Crippen molar-refractivity contribution in [3.8, 4) is 0 Å². The summed E-state index contributed by atoms with van der Waals surface area (Å²) < 4.78 is 18.3. The molecule has 3 saturated heterocycles. The summed E-state index contributed by atoms with van der Waals surface area (Å²) in [5, 5.41) is 7.18. The molecule has 0 spiro atoms. The molecule has 270 valence electrons. The van der Waals surface area contributed by atoms with Gasteiger partial charge < -0.3 is 29.6 Å². The highest BCUT2D eigenvalue weighted by molar-refractivity contribution is 5.89. The number of hydrogen-bond acceptors (Lipinski definition) is 10. The Hall–Kier alpha value is -2.04. The van der Waals surface area contributed by atoms with Crippen molar-refractivity contribution < 1.29 is 33.4 Å². The van der Waals surface area contributed by atoms with Crippen molar-refractivity contribution in [2.45, 2.75) is 193 Å². The van der Waals surface area contributed by atoms with E-state index in [-0.39, 0.29) is 58.0 Å². The number of carbonyl (C=O) groups excluding carboxylic acids is 4. The van der Waals surface area contributed by atoms with Crippen molar-refractivity contribution in [1.82, 2.24) is 15.5 Å². The molecule has 0 aromatic heterocycles. The van der Waals surface area contributed by atoms with E-state index in [1.807, 2.05) is 0 Å². The lowest BCUT2D eigenvalue weighted by molar-refractivity contribution is -0.176. The van der Waals surface area contributed by atoms with Crippen LogP contribution < -0.4 is 10.6 Å². The molecule has 10 nitrogen and oxygen atoms in total. The van der Waals surface area contributed by atoms with Crippen LogP contribution in [0.4, 0.5) is 0 Å². The molecule has 3 fully saturated rings. The van der Waals surface area contributed by atoms with E-state index in [2.05, 4.69) is 106 Å². The third-order valence-electron chi connectivity index (χ3n) is 10.4. The van der Waals surface area contributed by atoms with E-state index in [0.717, 1.165) is 0 Å². The predicted molar refractivity (Wildman–Crippen MR) is 183 cm³/mol. The number of hydrogen-bond donors (Lipinski definition) is 2. The lowest BCUT2D eigenvalue weighted by Gasteiger charge is -2.53. The fourth-order valence-corrected chi connectivity index (χ4v) is 8.99. The molecular formula is C37H65N3O7. The van der Waals surface area contributed by atoms with Gasteiger partial charge in [-0.25, -0.2) is 0 Å². The van der Waals surface area contributed by atoms with Gasteiger partial charge in [-0.05, 0) is 97.1 Å². The van der Waals surface area contributed by atoms with Crippen LogP contribution in [0.1, 0.15) is 141 Å². The predicted octanol–water partition coefficient (Wildman–Crippen LogP) is 5.49. The van der Waals surface area contributed by atoms with Crippen LogP contribution in [0.25, 0.3) is 0 Å². The summed E-state index contributed by atoms with van der Waals surface area (Å²) in [6.07, 6.45) is 1.75. The third-order valence-corrected chi connectivity index (χ3v) is 10.4. The first-order valence-corrected chi connectivity index (χ1v) is 17.5. The van der Waals surface area contributed by atoms with Crippen molar-refractivity contribution in [2.75, 3.05) is 7.05 Å². The maximum atomic E-state index is 14.1. The van der Waals surface area contributed by atoms with Crippen LogP contribution in [0, 0.1) is 11.8 Å². The molecule has 47 heavy (non-hydrogen) atoms. The molecule has 10 heteroatoms. The van der Waals surface area contributed by atoms with Gasteiger partial charge in [0.05, 0.1) is 18.3 Å². The first kappa shape index (κ1) is 39.4. The summed E-state index contributed by atoms with van der Waals surface area (Å²) in [6.45, 7) is 26.4. The summed E-state index contributed by atoms with van der Waals surface area (Å²) in [5.74, 6) is -4.58. The minimum absolute atomic E-state index is 0.211. The number of esters is 3. The van der Waals surface area contributed by atoms with Gasteiger partial charge in [0.1, 0.15) is 24.1 Å². The molecule has 2 unspecified atom stereocenters. The largest absolute Gasteiger partial charge is 0.462 e. The number of ether oxygens (including phenoxy) is 3. The molecule has 0 bridgehead atoms. The van der Waals surface area contributed by atoms with Gasteiger partial charge in [0.25, 0.3) is 0 Å². The molecule has 2 N–H and O–H groups in total. The smallest absolute Gasteiger partial charge is 0.310 e. The second-order valence-corrected chi connectivity index (χ2v) is 18.7. The van der Waals surface area contributed by atoms with Crippen molar-refractivity contribution >= 4 is 23.7 Å². The Morgan fingerprint density at radius 3 is 1.23 bits per heavy atom. The monoisotopic (exact) mass is 663 g/mol. The van der Waals surface area contributed by atoms with Gasteiger partial charge in [0, 0.05) is 78.2 Å².